The minimum Gasteiger partial charge on any atom is -0.201 e. The first-order chi connectivity index (χ1) is 9.75. The number of hydrogen-bond donors (Lipinski definition) is 0. The summed E-state index contributed by atoms with van der Waals surface area (Å²) in [6.45, 7) is 7.95. The van der Waals surface area contributed by atoms with E-state index in [4.69, 9.17) is 2.74 Å². The quantitative estimate of drug-likeness (QED) is 0.731. The number of rotatable bonds is 3. The van der Waals surface area contributed by atoms with Crippen LogP contribution in [0.2, 0.25) is 0 Å². The third kappa shape index (κ3) is 3.04. The maximum atomic E-state index is 8.33. The van der Waals surface area contributed by atoms with Crippen molar-refractivity contribution in [1.29, 1.82) is 0 Å². The number of aryl methyl sites for hydroxylation is 3. The van der Waals surface area contributed by atoms with Crippen molar-refractivity contribution in [1.82, 2.24) is 0 Å². The lowest BCUT2D eigenvalue weighted by Gasteiger charge is -2.10. The third-order valence-electron chi connectivity index (χ3n) is 3.35. The van der Waals surface area contributed by atoms with E-state index in [0.29, 0.717) is 0 Å². The van der Waals surface area contributed by atoms with Gasteiger partial charge >= 0.3 is 0 Å². The van der Waals surface area contributed by atoms with Crippen molar-refractivity contribution >= 4 is 0 Å². The SMILES string of the molecule is [2H]C([2H])(c1c[n+](C)c(-c2ccccc2C)cc1C)C(C)C. The van der Waals surface area contributed by atoms with Crippen LogP contribution in [0.5, 0.6) is 0 Å². The van der Waals surface area contributed by atoms with E-state index in [1.54, 1.807) is 0 Å². The third-order valence-corrected chi connectivity index (χ3v) is 3.35. The molecule has 0 amide bonds. The zero-order valence-electron chi connectivity index (χ0n) is 14.5. The van der Waals surface area contributed by atoms with Crippen LogP contribution in [0.25, 0.3) is 11.3 Å². The summed E-state index contributed by atoms with van der Waals surface area (Å²) in [6.07, 6.45) is 0.628. The normalized spacial score (nSPS) is 13.4. The molecular weight excluding hydrogens is 230 g/mol. The van der Waals surface area contributed by atoms with Crippen molar-refractivity contribution in [3.8, 4) is 11.3 Å². The van der Waals surface area contributed by atoms with Crippen molar-refractivity contribution in [3.05, 3.63) is 53.2 Å². The molecule has 0 fully saturated rings. The molecule has 0 N–H and O–H groups in total. The van der Waals surface area contributed by atoms with Gasteiger partial charge in [0.1, 0.15) is 7.05 Å². The fraction of sp³-hybridized carbons (Fsp3) is 0.389. The van der Waals surface area contributed by atoms with Gasteiger partial charge in [0.15, 0.2) is 6.20 Å². The van der Waals surface area contributed by atoms with Crippen LogP contribution >= 0.6 is 0 Å². The van der Waals surface area contributed by atoms with Crippen LogP contribution < -0.4 is 4.57 Å². The van der Waals surface area contributed by atoms with Gasteiger partial charge in [0, 0.05) is 19.9 Å². The van der Waals surface area contributed by atoms with E-state index in [0.717, 1.165) is 16.8 Å². The zero-order chi connectivity index (χ0) is 15.8. The molecule has 0 aliphatic heterocycles. The van der Waals surface area contributed by atoms with E-state index < -0.39 is 6.37 Å². The number of aromatic nitrogens is 1. The molecule has 0 saturated heterocycles. The Morgan fingerprint density at radius 3 is 2.47 bits per heavy atom. The van der Waals surface area contributed by atoms with Crippen LogP contribution in [0.15, 0.2) is 36.5 Å². The molecule has 0 atom stereocenters. The van der Waals surface area contributed by atoms with Gasteiger partial charge in [-0.25, -0.2) is 4.57 Å². The molecule has 0 unspecified atom stereocenters. The van der Waals surface area contributed by atoms with Gasteiger partial charge in [0.05, 0.1) is 0 Å². The first-order valence-electron chi connectivity index (χ1n) is 7.82. The second kappa shape index (κ2) is 5.56. The van der Waals surface area contributed by atoms with Crippen molar-refractivity contribution in [2.45, 2.75) is 34.1 Å². The van der Waals surface area contributed by atoms with Gasteiger partial charge in [-0.15, -0.1) is 0 Å². The van der Waals surface area contributed by atoms with Gasteiger partial charge in [-0.1, -0.05) is 32.0 Å². The highest BCUT2D eigenvalue weighted by atomic mass is 14.9. The molecule has 1 nitrogen and oxygen atoms in total. The minimum absolute atomic E-state index is 0.0551. The first-order valence-corrected chi connectivity index (χ1v) is 6.82. The molecule has 100 valence electrons. The molecule has 1 heterocycles. The fourth-order valence-electron chi connectivity index (χ4n) is 2.34. The Balaban J connectivity index is 2.60. The Bertz CT molecular complexity index is 660. The lowest BCUT2D eigenvalue weighted by Crippen LogP contribution is -2.32. The largest absolute Gasteiger partial charge is 0.212 e. The van der Waals surface area contributed by atoms with Crippen molar-refractivity contribution in [3.63, 3.8) is 0 Å². The highest BCUT2D eigenvalue weighted by molar-refractivity contribution is 5.61. The molecule has 2 rings (SSSR count). The summed E-state index contributed by atoms with van der Waals surface area (Å²) in [6, 6.07) is 10.4. The smallest absolute Gasteiger partial charge is 0.201 e. The maximum absolute atomic E-state index is 8.33. The summed E-state index contributed by atoms with van der Waals surface area (Å²) in [5.74, 6) is -0.0551. The van der Waals surface area contributed by atoms with E-state index in [-0.39, 0.29) is 5.92 Å². The zero-order valence-corrected chi connectivity index (χ0v) is 12.5. The summed E-state index contributed by atoms with van der Waals surface area (Å²) >= 11 is 0. The lowest BCUT2D eigenvalue weighted by atomic mass is 9.97. The van der Waals surface area contributed by atoms with Crippen LogP contribution in [0.3, 0.4) is 0 Å². The number of benzene rings is 1. The van der Waals surface area contributed by atoms with E-state index in [1.807, 2.05) is 50.7 Å². The number of hydrogen-bond acceptors (Lipinski definition) is 0. The Morgan fingerprint density at radius 1 is 1.16 bits per heavy atom. The summed E-state index contributed by atoms with van der Waals surface area (Å²) in [5, 5.41) is 0. The first kappa shape index (κ1) is 11.2. The molecule has 0 aliphatic carbocycles. The Hall–Kier alpha value is -1.63. The molecule has 0 aliphatic rings. The minimum atomic E-state index is -1.31. The van der Waals surface area contributed by atoms with Gasteiger partial charge in [0.2, 0.25) is 5.69 Å². The maximum Gasteiger partial charge on any atom is 0.212 e. The van der Waals surface area contributed by atoms with Crippen LogP contribution in [0.1, 0.15) is 33.3 Å². The van der Waals surface area contributed by atoms with Crippen molar-refractivity contribution in [2.75, 3.05) is 0 Å². The predicted molar refractivity (Wildman–Crippen MR) is 81.1 cm³/mol. The van der Waals surface area contributed by atoms with Crippen LogP contribution in [0, 0.1) is 19.8 Å². The second-order valence-corrected chi connectivity index (χ2v) is 5.48. The highest BCUT2D eigenvalue weighted by Gasteiger charge is 2.15. The van der Waals surface area contributed by atoms with Gasteiger partial charge in [-0.3, -0.25) is 0 Å². The fourth-order valence-corrected chi connectivity index (χ4v) is 2.34. The molecule has 1 aromatic carbocycles. The second-order valence-electron chi connectivity index (χ2n) is 5.48. The van der Waals surface area contributed by atoms with E-state index in [1.165, 1.54) is 11.1 Å². The van der Waals surface area contributed by atoms with Gasteiger partial charge < -0.3 is 0 Å². The molecule has 0 radical (unpaired) electrons. The van der Waals surface area contributed by atoms with Crippen molar-refractivity contribution in [2.24, 2.45) is 13.0 Å². The van der Waals surface area contributed by atoms with E-state index in [9.17, 15) is 0 Å². The standard InChI is InChI=1S/C18H24N/c1-13(2)10-16-12-19(5)18(11-15(16)4)17-9-7-6-8-14(17)3/h6-9,11-13H,10H2,1-5H3/q+1/i10D2. The summed E-state index contributed by atoms with van der Waals surface area (Å²) in [5.41, 5.74) is 5.32. The van der Waals surface area contributed by atoms with Crippen molar-refractivity contribution < 1.29 is 7.31 Å². The van der Waals surface area contributed by atoms with E-state index in [2.05, 4.69) is 25.1 Å². The average molecular weight is 256 g/mol. The molecular formula is C18H24N+. The lowest BCUT2D eigenvalue weighted by molar-refractivity contribution is -0.660. The average Bonchev–Trinajstić information content (AvgIpc) is 2.41. The topological polar surface area (TPSA) is 3.88 Å². The Morgan fingerprint density at radius 2 is 1.84 bits per heavy atom. The van der Waals surface area contributed by atoms with Gasteiger partial charge in [-0.05, 0) is 43.3 Å². The Kier molecular flexibility index (Phi) is 3.28. The number of nitrogens with zero attached hydrogens (tertiary/aromatic N) is 1. The molecule has 1 heteroatoms. The molecule has 19 heavy (non-hydrogen) atoms. The molecule has 2 aromatic rings. The van der Waals surface area contributed by atoms with Gasteiger partial charge in [-0.2, -0.15) is 0 Å². The molecule has 0 bridgehead atoms. The summed E-state index contributed by atoms with van der Waals surface area (Å²) < 4.78 is 18.7. The van der Waals surface area contributed by atoms with Crippen LogP contribution in [-0.2, 0) is 13.4 Å². The number of pyridine rings is 1. The van der Waals surface area contributed by atoms with Crippen LogP contribution in [0.4, 0.5) is 0 Å². The summed E-state index contributed by atoms with van der Waals surface area (Å²) in [7, 11) is 1.99. The highest BCUT2D eigenvalue weighted by Crippen LogP contribution is 2.22. The van der Waals surface area contributed by atoms with Gasteiger partial charge in [0.25, 0.3) is 0 Å². The molecule has 0 saturated carbocycles. The molecule has 1 aromatic heterocycles. The molecule has 0 spiro atoms. The summed E-state index contributed by atoms with van der Waals surface area (Å²) in [4.78, 5) is 0. The van der Waals surface area contributed by atoms with Crippen LogP contribution in [-0.4, -0.2) is 0 Å². The monoisotopic (exact) mass is 256 g/mol. The predicted octanol–water partition coefficient (Wildman–Crippen LogP) is 3.99. The Labute approximate surface area is 119 Å². The van der Waals surface area contributed by atoms with E-state index >= 15 is 0 Å².